The standard InChI is InChI=1S/C13H17NO3/c1-3-14-7-10(2)8-15-11-4-5-12-13(6-11)17-9-16-12/h4-6,14H,2-3,7-9H2,1H3. The van der Waals surface area contributed by atoms with Crippen molar-refractivity contribution in [2.75, 3.05) is 26.5 Å². The van der Waals surface area contributed by atoms with Gasteiger partial charge in [-0.25, -0.2) is 0 Å². The lowest BCUT2D eigenvalue weighted by atomic mass is 10.3. The van der Waals surface area contributed by atoms with Gasteiger partial charge in [-0.15, -0.1) is 0 Å². The van der Waals surface area contributed by atoms with Crippen LogP contribution in [0.15, 0.2) is 30.4 Å². The molecule has 0 fully saturated rings. The van der Waals surface area contributed by atoms with Gasteiger partial charge in [0.1, 0.15) is 12.4 Å². The van der Waals surface area contributed by atoms with Crippen molar-refractivity contribution in [2.45, 2.75) is 6.92 Å². The second-order valence-corrected chi connectivity index (χ2v) is 3.83. The third-order valence-electron chi connectivity index (χ3n) is 2.41. The molecule has 0 amide bonds. The minimum Gasteiger partial charge on any atom is -0.489 e. The van der Waals surface area contributed by atoms with E-state index in [1.165, 1.54) is 0 Å². The van der Waals surface area contributed by atoms with Crippen molar-refractivity contribution in [1.82, 2.24) is 5.32 Å². The molecule has 4 nitrogen and oxygen atoms in total. The van der Waals surface area contributed by atoms with E-state index in [2.05, 4.69) is 18.8 Å². The van der Waals surface area contributed by atoms with E-state index in [9.17, 15) is 0 Å². The Kier molecular flexibility index (Phi) is 3.88. The molecule has 0 unspecified atom stereocenters. The van der Waals surface area contributed by atoms with Gasteiger partial charge in [-0.3, -0.25) is 0 Å². The largest absolute Gasteiger partial charge is 0.489 e. The van der Waals surface area contributed by atoms with Crippen molar-refractivity contribution in [2.24, 2.45) is 0 Å². The molecule has 0 spiro atoms. The summed E-state index contributed by atoms with van der Waals surface area (Å²) in [7, 11) is 0. The minimum absolute atomic E-state index is 0.284. The van der Waals surface area contributed by atoms with E-state index in [1.54, 1.807) is 0 Å². The normalized spacial score (nSPS) is 12.5. The summed E-state index contributed by atoms with van der Waals surface area (Å²) < 4.78 is 16.1. The molecule has 1 heterocycles. The summed E-state index contributed by atoms with van der Waals surface area (Å²) in [6.07, 6.45) is 0. The highest BCUT2D eigenvalue weighted by Gasteiger charge is 2.13. The van der Waals surface area contributed by atoms with Crippen molar-refractivity contribution in [1.29, 1.82) is 0 Å². The molecule has 0 radical (unpaired) electrons. The number of hydrogen-bond acceptors (Lipinski definition) is 4. The molecule has 92 valence electrons. The summed E-state index contributed by atoms with van der Waals surface area (Å²) in [6, 6.07) is 5.56. The third kappa shape index (κ3) is 3.14. The first-order valence-corrected chi connectivity index (χ1v) is 5.69. The van der Waals surface area contributed by atoms with Gasteiger partial charge in [0.2, 0.25) is 6.79 Å². The first-order valence-electron chi connectivity index (χ1n) is 5.69. The van der Waals surface area contributed by atoms with Gasteiger partial charge < -0.3 is 19.5 Å². The van der Waals surface area contributed by atoms with Crippen LogP contribution in [0.25, 0.3) is 0 Å². The fourth-order valence-corrected chi connectivity index (χ4v) is 1.50. The van der Waals surface area contributed by atoms with Gasteiger partial charge in [-0.05, 0) is 24.3 Å². The maximum absolute atomic E-state index is 5.62. The van der Waals surface area contributed by atoms with Crippen LogP contribution in [0.5, 0.6) is 17.2 Å². The number of ether oxygens (including phenoxy) is 3. The second kappa shape index (κ2) is 5.59. The molecule has 0 saturated carbocycles. The molecule has 1 aliphatic heterocycles. The van der Waals surface area contributed by atoms with E-state index in [4.69, 9.17) is 14.2 Å². The highest BCUT2D eigenvalue weighted by molar-refractivity contribution is 5.46. The Morgan fingerprint density at radius 1 is 1.41 bits per heavy atom. The molecule has 2 rings (SSSR count). The first kappa shape index (κ1) is 11.8. The number of rotatable bonds is 6. The number of benzene rings is 1. The number of fused-ring (bicyclic) bond motifs is 1. The number of nitrogens with one attached hydrogen (secondary N) is 1. The Bertz CT molecular complexity index is 404. The Morgan fingerprint density at radius 2 is 2.24 bits per heavy atom. The van der Waals surface area contributed by atoms with Crippen LogP contribution < -0.4 is 19.5 Å². The van der Waals surface area contributed by atoms with Crippen molar-refractivity contribution >= 4 is 0 Å². The van der Waals surface area contributed by atoms with Gasteiger partial charge in [0.15, 0.2) is 11.5 Å². The average molecular weight is 235 g/mol. The zero-order valence-electron chi connectivity index (χ0n) is 9.99. The predicted molar refractivity (Wildman–Crippen MR) is 65.7 cm³/mol. The molecule has 17 heavy (non-hydrogen) atoms. The summed E-state index contributed by atoms with van der Waals surface area (Å²) in [5, 5.41) is 3.20. The summed E-state index contributed by atoms with van der Waals surface area (Å²) in [5.74, 6) is 2.27. The molecule has 4 heteroatoms. The zero-order valence-corrected chi connectivity index (χ0v) is 9.99. The SMILES string of the molecule is C=C(CNCC)COc1ccc2c(c1)OCO2. The first-order chi connectivity index (χ1) is 8.29. The molecule has 0 saturated heterocycles. The fraction of sp³-hybridized carbons (Fsp3) is 0.385. The third-order valence-corrected chi connectivity index (χ3v) is 2.41. The van der Waals surface area contributed by atoms with Crippen molar-refractivity contribution in [3.05, 3.63) is 30.4 Å². The van der Waals surface area contributed by atoms with E-state index < -0.39 is 0 Å². The van der Waals surface area contributed by atoms with E-state index in [0.29, 0.717) is 6.61 Å². The van der Waals surface area contributed by atoms with Crippen LogP contribution in [0.4, 0.5) is 0 Å². The van der Waals surface area contributed by atoms with Gasteiger partial charge >= 0.3 is 0 Å². The number of likely N-dealkylation sites (N-methyl/N-ethyl adjacent to an activating group) is 1. The van der Waals surface area contributed by atoms with Gasteiger partial charge in [-0.1, -0.05) is 13.5 Å². The predicted octanol–water partition coefficient (Wildman–Crippen LogP) is 1.96. The van der Waals surface area contributed by atoms with Crippen molar-refractivity contribution < 1.29 is 14.2 Å². The number of hydrogen-bond donors (Lipinski definition) is 1. The summed E-state index contributed by atoms with van der Waals surface area (Å²) in [4.78, 5) is 0. The van der Waals surface area contributed by atoms with Crippen LogP contribution in [0.2, 0.25) is 0 Å². The molecule has 1 aliphatic rings. The van der Waals surface area contributed by atoms with Crippen molar-refractivity contribution in [3.8, 4) is 17.2 Å². The van der Waals surface area contributed by atoms with Crippen LogP contribution >= 0.6 is 0 Å². The van der Waals surface area contributed by atoms with Gasteiger partial charge in [-0.2, -0.15) is 0 Å². The Morgan fingerprint density at radius 3 is 3.06 bits per heavy atom. The maximum atomic E-state index is 5.62. The van der Waals surface area contributed by atoms with Gasteiger partial charge in [0.25, 0.3) is 0 Å². The van der Waals surface area contributed by atoms with Crippen LogP contribution in [-0.2, 0) is 0 Å². The Hall–Kier alpha value is -1.68. The molecular weight excluding hydrogens is 218 g/mol. The lowest BCUT2D eigenvalue weighted by Crippen LogP contribution is -2.18. The van der Waals surface area contributed by atoms with E-state index in [1.807, 2.05) is 18.2 Å². The van der Waals surface area contributed by atoms with Gasteiger partial charge in [0, 0.05) is 12.6 Å². The molecule has 1 aromatic carbocycles. The van der Waals surface area contributed by atoms with Crippen LogP contribution in [0.3, 0.4) is 0 Å². The molecule has 0 aliphatic carbocycles. The van der Waals surface area contributed by atoms with E-state index in [0.717, 1.165) is 35.9 Å². The second-order valence-electron chi connectivity index (χ2n) is 3.83. The van der Waals surface area contributed by atoms with Crippen LogP contribution in [0.1, 0.15) is 6.92 Å². The van der Waals surface area contributed by atoms with Gasteiger partial charge in [0.05, 0.1) is 0 Å². The molecule has 0 atom stereocenters. The Balaban J connectivity index is 1.85. The van der Waals surface area contributed by atoms with E-state index in [-0.39, 0.29) is 6.79 Å². The molecule has 0 aromatic heterocycles. The summed E-state index contributed by atoms with van der Waals surface area (Å²) in [6.45, 7) is 8.50. The monoisotopic (exact) mass is 235 g/mol. The van der Waals surface area contributed by atoms with Crippen molar-refractivity contribution in [3.63, 3.8) is 0 Å². The van der Waals surface area contributed by atoms with Crippen LogP contribution in [0, 0.1) is 0 Å². The fourth-order valence-electron chi connectivity index (χ4n) is 1.50. The Labute approximate surface area is 101 Å². The lowest BCUT2D eigenvalue weighted by Gasteiger charge is -2.09. The highest BCUT2D eigenvalue weighted by Crippen LogP contribution is 2.35. The topological polar surface area (TPSA) is 39.7 Å². The quantitative estimate of drug-likeness (QED) is 0.765. The average Bonchev–Trinajstić information content (AvgIpc) is 2.81. The highest BCUT2D eigenvalue weighted by atomic mass is 16.7. The molecule has 1 N–H and O–H groups in total. The maximum Gasteiger partial charge on any atom is 0.231 e. The zero-order chi connectivity index (χ0) is 12.1. The molecule has 1 aromatic rings. The summed E-state index contributed by atoms with van der Waals surface area (Å²) in [5.41, 5.74) is 1.02. The molecule has 0 bridgehead atoms. The minimum atomic E-state index is 0.284. The van der Waals surface area contributed by atoms with Crippen LogP contribution in [-0.4, -0.2) is 26.5 Å². The lowest BCUT2D eigenvalue weighted by molar-refractivity contribution is 0.174. The smallest absolute Gasteiger partial charge is 0.231 e. The van der Waals surface area contributed by atoms with E-state index >= 15 is 0 Å². The summed E-state index contributed by atoms with van der Waals surface area (Å²) >= 11 is 0. The molecular formula is C13H17NO3.